The molecule has 20 heteroatoms. The predicted molar refractivity (Wildman–Crippen MR) is 96.9 cm³/mol. The van der Waals surface area contributed by atoms with E-state index in [-0.39, 0.29) is 0 Å². The smallest absolute Gasteiger partial charge is 0.471 e. The van der Waals surface area contributed by atoms with Gasteiger partial charge < -0.3 is 39.5 Å². The molecule has 3 unspecified atom stereocenters. The van der Waals surface area contributed by atoms with Gasteiger partial charge in [-0.1, -0.05) is 23.6 Å². The maximum atomic E-state index is 11.9. The molecule has 0 aliphatic carbocycles. The van der Waals surface area contributed by atoms with Gasteiger partial charge in [0.05, 0.1) is 19.3 Å². The van der Waals surface area contributed by atoms with Crippen molar-refractivity contribution in [2.24, 2.45) is 0 Å². The summed E-state index contributed by atoms with van der Waals surface area (Å²) >= 11 is 4.30. The van der Waals surface area contributed by atoms with E-state index in [2.05, 4.69) is 42.1 Å². The lowest BCUT2D eigenvalue weighted by atomic mass is 10.2. The standard InChI is InChI=1S/C12H18F3N2O11P3S/c13-12(14,15)11(18)17-7-3-1-2-6-16-10-5-4-9(26-10)8-25-31(24,32)28-30(22,23)27-29(19,20)21/h2,6,9-10,16H,4-5,7-8H2,(H,17,18)(H,22,23)(H,24,32)(H2,19,20,21)/p-3/b6-2+/t9-,10+,31?/m0/s1. The molecule has 1 saturated heterocycles. The summed E-state index contributed by atoms with van der Waals surface area (Å²) in [5.74, 6) is 2.50. The molecule has 0 bridgehead atoms. The van der Waals surface area contributed by atoms with Gasteiger partial charge in [-0.2, -0.15) is 13.2 Å². The maximum absolute atomic E-state index is 11.9. The van der Waals surface area contributed by atoms with E-state index in [0.717, 1.165) is 0 Å². The van der Waals surface area contributed by atoms with E-state index in [9.17, 15) is 41.8 Å². The minimum Gasteiger partial charge on any atom is -0.779 e. The Bertz CT molecular complexity index is 900. The van der Waals surface area contributed by atoms with Crippen LogP contribution in [0, 0.1) is 11.8 Å². The molecule has 5 atom stereocenters. The fourth-order valence-corrected chi connectivity index (χ4v) is 5.78. The van der Waals surface area contributed by atoms with Crippen molar-refractivity contribution in [2.75, 3.05) is 13.2 Å². The first-order chi connectivity index (χ1) is 14.5. The number of rotatable bonds is 10. The van der Waals surface area contributed by atoms with Gasteiger partial charge >= 0.3 is 12.1 Å². The normalized spacial score (nSPS) is 24.6. The van der Waals surface area contributed by atoms with E-state index >= 15 is 0 Å². The Balaban J connectivity index is 2.35. The second-order valence-corrected chi connectivity index (χ2v) is 11.3. The number of halogens is 3. The second kappa shape index (κ2) is 12.0. The molecule has 1 aliphatic rings. The Labute approximate surface area is 184 Å². The third kappa shape index (κ3) is 13.0. The Kier molecular flexibility index (Phi) is 11.0. The number of carbonyl (C=O) groups excluding carboxylic acids is 1. The summed E-state index contributed by atoms with van der Waals surface area (Å²) in [6.45, 7) is -5.76. The van der Waals surface area contributed by atoms with Crippen molar-refractivity contribution in [3.63, 3.8) is 0 Å². The van der Waals surface area contributed by atoms with Gasteiger partial charge in [0, 0.05) is 12.3 Å². The van der Waals surface area contributed by atoms with Crippen LogP contribution in [0.25, 0.3) is 0 Å². The Hall–Kier alpha value is -0.850. The molecule has 1 rings (SSSR count). The van der Waals surface area contributed by atoms with Crippen LogP contribution >= 0.6 is 22.4 Å². The van der Waals surface area contributed by atoms with Gasteiger partial charge in [-0.15, -0.1) is 0 Å². The predicted octanol–water partition coefficient (Wildman–Crippen LogP) is -1.16. The molecule has 3 N–H and O–H groups in total. The summed E-state index contributed by atoms with van der Waals surface area (Å²) in [7, 11) is -11.5. The molecule has 184 valence electrons. The zero-order valence-electron chi connectivity index (χ0n) is 15.6. The van der Waals surface area contributed by atoms with E-state index in [1.54, 1.807) is 5.32 Å². The van der Waals surface area contributed by atoms with Crippen LogP contribution in [0.15, 0.2) is 12.3 Å². The molecule has 0 saturated carbocycles. The summed E-state index contributed by atoms with van der Waals surface area (Å²) in [5, 5.41) is 4.29. The number of allylic oxidation sites excluding steroid dienone is 1. The molecule has 0 spiro atoms. The van der Waals surface area contributed by atoms with E-state index in [1.807, 2.05) is 0 Å². The van der Waals surface area contributed by atoms with Crippen molar-refractivity contribution in [3.05, 3.63) is 12.3 Å². The van der Waals surface area contributed by atoms with E-state index in [4.69, 9.17) is 9.63 Å². The molecule has 0 aromatic heterocycles. The zero-order valence-corrected chi connectivity index (χ0v) is 19.1. The van der Waals surface area contributed by atoms with Gasteiger partial charge in [0.15, 0.2) is 0 Å². The Morgan fingerprint density at radius 1 is 1.28 bits per heavy atom. The van der Waals surface area contributed by atoms with Crippen molar-refractivity contribution >= 4 is 40.1 Å². The minimum atomic E-state index is -5.77. The first kappa shape index (κ1) is 29.2. The molecule has 0 aromatic carbocycles. The number of amides is 1. The number of phosphoric acid groups is 2. The largest absolute Gasteiger partial charge is 0.779 e. The third-order valence-corrected chi connectivity index (χ3v) is 7.68. The third-order valence-electron chi connectivity index (χ3n) is 3.07. The SMILES string of the molecule is O=C(NCC#C/C=C/N[C@H]1CC[C@@H](COP([O-])(=S)OP(=O)([O-])OP(=O)([O-])O)O1)C(F)(F)F. The highest BCUT2D eigenvalue weighted by Gasteiger charge is 2.38. The first-order valence-electron chi connectivity index (χ1n) is 8.12. The maximum Gasteiger partial charge on any atom is 0.471 e. The molecule has 1 fully saturated rings. The highest BCUT2D eigenvalue weighted by atomic mass is 32.5. The number of carbonyl (C=O) groups is 1. The number of alkyl halides is 3. The molecular weight excluding hydrogens is 530 g/mol. The minimum absolute atomic E-state index is 0.341. The van der Waals surface area contributed by atoms with Gasteiger partial charge in [-0.25, -0.2) is 4.31 Å². The van der Waals surface area contributed by atoms with Gasteiger partial charge in [0.25, 0.3) is 15.6 Å². The lowest BCUT2D eigenvalue weighted by Gasteiger charge is -2.35. The van der Waals surface area contributed by atoms with Crippen LogP contribution in [0.5, 0.6) is 0 Å². The summed E-state index contributed by atoms with van der Waals surface area (Å²) in [6.07, 6.45) is -2.98. The summed E-state index contributed by atoms with van der Waals surface area (Å²) in [5.41, 5.74) is 0. The van der Waals surface area contributed by atoms with Crippen molar-refractivity contribution in [3.8, 4) is 11.8 Å². The summed E-state index contributed by atoms with van der Waals surface area (Å²) in [6, 6.07) is 0. The van der Waals surface area contributed by atoms with Crippen LogP contribution in [0.2, 0.25) is 0 Å². The van der Waals surface area contributed by atoms with E-state index < -0.39 is 59.9 Å². The average molecular weight is 545 g/mol. The quantitative estimate of drug-likeness (QED) is 0.219. The molecule has 0 radical (unpaired) electrons. The molecular formula is C12H15F3N2O11P3S-3. The molecule has 32 heavy (non-hydrogen) atoms. The fourth-order valence-electron chi connectivity index (χ4n) is 1.94. The Morgan fingerprint density at radius 3 is 2.53 bits per heavy atom. The summed E-state index contributed by atoms with van der Waals surface area (Å²) < 4.78 is 74.5. The van der Waals surface area contributed by atoms with Crippen LogP contribution in [-0.4, -0.2) is 42.5 Å². The van der Waals surface area contributed by atoms with Gasteiger partial charge in [-0.3, -0.25) is 18.2 Å². The van der Waals surface area contributed by atoms with Crippen molar-refractivity contribution < 1.29 is 64.6 Å². The van der Waals surface area contributed by atoms with Crippen LogP contribution in [0.3, 0.4) is 0 Å². The van der Waals surface area contributed by atoms with Crippen LogP contribution < -0.4 is 25.3 Å². The molecule has 1 heterocycles. The van der Waals surface area contributed by atoms with Crippen molar-refractivity contribution in [2.45, 2.75) is 31.3 Å². The van der Waals surface area contributed by atoms with Gasteiger partial charge in [0.1, 0.15) is 12.9 Å². The van der Waals surface area contributed by atoms with Crippen molar-refractivity contribution in [1.82, 2.24) is 10.6 Å². The monoisotopic (exact) mass is 545 g/mol. The molecule has 1 aliphatic heterocycles. The second-order valence-electron chi connectivity index (χ2n) is 5.65. The van der Waals surface area contributed by atoms with Crippen molar-refractivity contribution in [1.29, 1.82) is 0 Å². The number of nitrogens with one attached hydrogen (secondary N) is 2. The van der Waals surface area contributed by atoms with Crippen LogP contribution in [-0.2, 0) is 43.6 Å². The number of ether oxygens (including phenoxy) is 1. The fraction of sp³-hybridized carbons (Fsp3) is 0.583. The molecule has 13 nitrogen and oxygen atoms in total. The van der Waals surface area contributed by atoms with Gasteiger partial charge in [0.2, 0.25) is 0 Å². The lowest BCUT2D eigenvalue weighted by Crippen LogP contribution is -2.36. The number of hydrogen-bond acceptors (Lipinski definition) is 12. The van der Waals surface area contributed by atoms with Crippen LogP contribution in [0.1, 0.15) is 12.8 Å². The van der Waals surface area contributed by atoms with Crippen LogP contribution in [0.4, 0.5) is 13.2 Å². The lowest BCUT2D eigenvalue weighted by molar-refractivity contribution is -0.244. The molecule has 0 aromatic rings. The Morgan fingerprint density at radius 2 is 1.94 bits per heavy atom. The summed E-state index contributed by atoms with van der Waals surface area (Å²) in [4.78, 5) is 52.3. The topological polar surface area (TPSA) is 202 Å². The highest BCUT2D eigenvalue weighted by molar-refractivity contribution is 8.07. The average Bonchev–Trinajstić information content (AvgIpc) is 3.03. The first-order valence-corrected chi connectivity index (χ1v) is 13.6. The number of hydrogen-bond donors (Lipinski definition) is 3. The zero-order chi connectivity index (χ0) is 24.6. The van der Waals surface area contributed by atoms with E-state index in [1.165, 1.54) is 12.3 Å². The van der Waals surface area contributed by atoms with Gasteiger partial charge in [-0.05, 0) is 12.8 Å². The molecule has 1 amide bonds. The van der Waals surface area contributed by atoms with E-state index in [0.29, 0.717) is 12.8 Å². The highest BCUT2D eigenvalue weighted by Crippen LogP contribution is 2.61.